The molecule has 0 aliphatic carbocycles. The predicted octanol–water partition coefficient (Wildman–Crippen LogP) is 1.74. The van der Waals surface area contributed by atoms with E-state index in [1.807, 2.05) is 36.1 Å². The Bertz CT molecular complexity index is 685. The molecule has 1 aromatic carbocycles. The lowest BCUT2D eigenvalue weighted by molar-refractivity contribution is -0.132. The van der Waals surface area contributed by atoms with Crippen LogP contribution in [0.15, 0.2) is 24.3 Å². The summed E-state index contributed by atoms with van der Waals surface area (Å²) in [6, 6.07) is 8.02. The first kappa shape index (κ1) is 15.5. The minimum Gasteiger partial charge on any atom is -0.496 e. The monoisotopic (exact) mass is 315 g/mol. The molecule has 7 nitrogen and oxygen atoms in total. The molecule has 1 amide bonds. The van der Waals surface area contributed by atoms with Crippen LogP contribution in [-0.2, 0) is 11.3 Å². The van der Waals surface area contributed by atoms with Crippen LogP contribution in [0.4, 0.5) is 0 Å². The fourth-order valence-electron chi connectivity index (χ4n) is 3.13. The topological polar surface area (TPSA) is 73.1 Å². The van der Waals surface area contributed by atoms with Crippen molar-refractivity contribution in [1.29, 1.82) is 0 Å². The van der Waals surface area contributed by atoms with Crippen molar-refractivity contribution in [3.63, 3.8) is 0 Å². The van der Waals surface area contributed by atoms with Gasteiger partial charge >= 0.3 is 0 Å². The van der Waals surface area contributed by atoms with E-state index in [1.54, 1.807) is 11.8 Å². The second kappa shape index (κ2) is 6.76. The summed E-state index contributed by atoms with van der Waals surface area (Å²) in [5.74, 6) is 1.70. The average Bonchev–Trinajstić information content (AvgIpc) is 3.21. The van der Waals surface area contributed by atoms with Gasteiger partial charge in [0.05, 0.1) is 19.7 Å². The normalized spacial score (nSPS) is 17.5. The molecule has 1 fully saturated rings. The van der Waals surface area contributed by atoms with Crippen LogP contribution >= 0.6 is 0 Å². The Balaban J connectivity index is 1.71. The minimum atomic E-state index is 0.0913. The van der Waals surface area contributed by atoms with Crippen molar-refractivity contribution in [2.24, 2.45) is 0 Å². The van der Waals surface area contributed by atoms with E-state index in [-0.39, 0.29) is 11.9 Å². The van der Waals surface area contributed by atoms with E-state index in [0.29, 0.717) is 13.0 Å². The fourth-order valence-corrected chi connectivity index (χ4v) is 3.13. The van der Waals surface area contributed by atoms with Gasteiger partial charge in [0.25, 0.3) is 0 Å². The van der Waals surface area contributed by atoms with Gasteiger partial charge in [-0.1, -0.05) is 18.2 Å². The highest BCUT2D eigenvalue weighted by Gasteiger charge is 2.31. The van der Waals surface area contributed by atoms with Gasteiger partial charge < -0.3 is 9.64 Å². The van der Waals surface area contributed by atoms with Crippen LogP contribution in [-0.4, -0.2) is 44.7 Å². The third-order valence-corrected chi connectivity index (χ3v) is 4.32. The van der Waals surface area contributed by atoms with Crippen molar-refractivity contribution in [1.82, 2.24) is 25.1 Å². The van der Waals surface area contributed by atoms with Gasteiger partial charge in [0.15, 0.2) is 0 Å². The maximum Gasteiger partial charge on any atom is 0.224 e. The van der Waals surface area contributed by atoms with Gasteiger partial charge in [0.2, 0.25) is 5.91 Å². The first-order chi connectivity index (χ1) is 11.2. The lowest BCUT2D eigenvalue weighted by Gasteiger charge is -2.26. The highest BCUT2D eigenvalue weighted by Crippen LogP contribution is 2.37. The van der Waals surface area contributed by atoms with Gasteiger partial charge in [-0.2, -0.15) is 0 Å². The Morgan fingerprint density at radius 3 is 2.96 bits per heavy atom. The molecule has 1 saturated heterocycles. The van der Waals surface area contributed by atoms with Crippen LogP contribution < -0.4 is 4.74 Å². The Morgan fingerprint density at radius 2 is 2.22 bits per heavy atom. The van der Waals surface area contributed by atoms with Crippen LogP contribution in [0, 0.1) is 6.92 Å². The van der Waals surface area contributed by atoms with E-state index >= 15 is 0 Å². The molecule has 0 radical (unpaired) electrons. The van der Waals surface area contributed by atoms with Crippen molar-refractivity contribution in [2.45, 2.75) is 38.8 Å². The molecule has 3 rings (SSSR count). The van der Waals surface area contributed by atoms with E-state index in [0.717, 1.165) is 36.5 Å². The molecule has 122 valence electrons. The lowest BCUT2D eigenvalue weighted by atomic mass is 10.0. The number of methoxy groups -OCH3 is 1. The second-order valence-corrected chi connectivity index (χ2v) is 5.69. The number of rotatable bonds is 5. The first-order valence-corrected chi connectivity index (χ1v) is 7.86. The number of benzene rings is 1. The maximum absolute atomic E-state index is 12.6. The molecular formula is C16H21N5O2. The van der Waals surface area contributed by atoms with Gasteiger partial charge in [-0.15, -0.1) is 5.10 Å². The van der Waals surface area contributed by atoms with Crippen molar-refractivity contribution in [3.8, 4) is 5.75 Å². The summed E-state index contributed by atoms with van der Waals surface area (Å²) in [6.45, 7) is 3.13. The molecule has 0 N–H and O–H groups in total. The fraction of sp³-hybridized carbons (Fsp3) is 0.500. The molecule has 0 spiro atoms. The summed E-state index contributed by atoms with van der Waals surface area (Å²) >= 11 is 0. The number of hydrogen-bond acceptors (Lipinski definition) is 5. The van der Waals surface area contributed by atoms with Gasteiger partial charge in [-0.25, -0.2) is 4.68 Å². The number of likely N-dealkylation sites (tertiary alicyclic amines) is 1. The summed E-state index contributed by atoms with van der Waals surface area (Å²) in [6.07, 6.45) is 2.38. The van der Waals surface area contributed by atoms with E-state index in [9.17, 15) is 4.79 Å². The van der Waals surface area contributed by atoms with Gasteiger partial charge in [-0.3, -0.25) is 4.79 Å². The van der Waals surface area contributed by atoms with Crippen molar-refractivity contribution >= 4 is 5.91 Å². The maximum atomic E-state index is 12.6. The van der Waals surface area contributed by atoms with E-state index in [1.165, 1.54) is 0 Å². The Hall–Kier alpha value is -2.44. The number of hydrogen-bond donors (Lipinski definition) is 0. The number of ether oxygens (including phenoxy) is 1. The molecule has 23 heavy (non-hydrogen) atoms. The van der Waals surface area contributed by atoms with Gasteiger partial charge in [-0.05, 0) is 36.3 Å². The molecule has 1 aliphatic rings. The molecule has 1 aliphatic heterocycles. The lowest BCUT2D eigenvalue weighted by Crippen LogP contribution is -2.31. The highest BCUT2D eigenvalue weighted by atomic mass is 16.5. The van der Waals surface area contributed by atoms with E-state index in [4.69, 9.17) is 4.74 Å². The molecule has 2 aromatic rings. The molecule has 1 unspecified atom stereocenters. The van der Waals surface area contributed by atoms with Gasteiger partial charge in [0.1, 0.15) is 11.6 Å². The number of amides is 1. The van der Waals surface area contributed by atoms with Crippen LogP contribution in [0.25, 0.3) is 0 Å². The predicted molar refractivity (Wildman–Crippen MR) is 83.9 cm³/mol. The molecule has 0 saturated carbocycles. The smallest absolute Gasteiger partial charge is 0.224 e. The first-order valence-electron chi connectivity index (χ1n) is 7.86. The minimum absolute atomic E-state index is 0.0913. The average molecular weight is 315 g/mol. The third kappa shape index (κ3) is 3.18. The largest absolute Gasteiger partial charge is 0.496 e. The van der Waals surface area contributed by atoms with Crippen LogP contribution in [0.3, 0.4) is 0 Å². The quantitative estimate of drug-likeness (QED) is 0.840. The third-order valence-electron chi connectivity index (χ3n) is 4.32. The van der Waals surface area contributed by atoms with Crippen LogP contribution in [0.2, 0.25) is 0 Å². The number of tetrazole rings is 1. The van der Waals surface area contributed by atoms with Crippen LogP contribution in [0.5, 0.6) is 5.75 Å². The summed E-state index contributed by atoms with van der Waals surface area (Å²) in [7, 11) is 1.67. The molecule has 0 bridgehead atoms. The zero-order valence-electron chi connectivity index (χ0n) is 13.5. The summed E-state index contributed by atoms with van der Waals surface area (Å²) < 4.78 is 7.11. The standard InChI is InChI=1S/C16H21N5O2/c1-12-17-18-19-21(12)11-9-16(22)20-10-5-7-14(20)13-6-3-4-8-15(13)23-2/h3-4,6,8,14H,5,7,9-11H2,1-2H3. The Kier molecular flexibility index (Phi) is 4.55. The number of nitrogens with zero attached hydrogens (tertiary/aromatic N) is 5. The number of carbonyl (C=O) groups is 1. The number of carbonyl (C=O) groups excluding carboxylic acids is 1. The second-order valence-electron chi connectivity index (χ2n) is 5.69. The Labute approximate surface area is 135 Å². The molecule has 2 heterocycles. The SMILES string of the molecule is COc1ccccc1C1CCCN1C(=O)CCn1nnnc1C. The zero-order chi connectivity index (χ0) is 16.2. The highest BCUT2D eigenvalue weighted by molar-refractivity contribution is 5.77. The molecular weight excluding hydrogens is 294 g/mol. The van der Waals surface area contributed by atoms with Crippen LogP contribution in [0.1, 0.15) is 36.7 Å². The molecule has 1 aromatic heterocycles. The number of para-hydroxylation sites is 1. The van der Waals surface area contributed by atoms with E-state index < -0.39 is 0 Å². The summed E-state index contributed by atoms with van der Waals surface area (Å²) in [5, 5.41) is 11.3. The molecule has 1 atom stereocenters. The van der Waals surface area contributed by atoms with Gasteiger partial charge in [0, 0.05) is 18.5 Å². The zero-order valence-corrected chi connectivity index (χ0v) is 13.5. The van der Waals surface area contributed by atoms with Crippen molar-refractivity contribution in [3.05, 3.63) is 35.7 Å². The van der Waals surface area contributed by atoms with Crippen molar-refractivity contribution < 1.29 is 9.53 Å². The summed E-state index contributed by atoms with van der Waals surface area (Å²) in [5.41, 5.74) is 1.08. The Morgan fingerprint density at radius 1 is 1.39 bits per heavy atom. The number of aryl methyl sites for hydroxylation is 2. The molecule has 7 heteroatoms. The van der Waals surface area contributed by atoms with E-state index in [2.05, 4.69) is 15.5 Å². The number of aromatic nitrogens is 4. The summed E-state index contributed by atoms with van der Waals surface area (Å²) in [4.78, 5) is 14.6. The van der Waals surface area contributed by atoms with Crippen molar-refractivity contribution in [2.75, 3.05) is 13.7 Å².